The fraction of sp³-hybridized carbons (Fsp3) is 0.533. The molecule has 1 atom stereocenters. The van der Waals surface area contributed by atoms with Crippen molar-refractivity contribution in [3.63, 3.8) is 0 Å². The topological polar surface area (TPSA) is 49.8 Å². The van der Waals surface area contributed by atoms with E-state index in [2.05, 4.69) is 4.90 Å². The van der Waals surface area contributed by atoms with Crippen LogP contribution in [0.2, 0.25) is 0 Å². The Balaban J connectivity index is 2.27. The summed E-state index contributed by atoms with van der Waals surface area (Å²) in [5.41, 5.74) is 0.276. The zero-order valence-corrected chi connectivity index (χ0v) is 11.6. The number of fused-ring (bicyclic) bond motifs is 1. The van der Waals surface area contributed by atoms with E-state index >= 15 is 0 Å². The van der Waals surface area contributed by atoms with Gasteiger partial charge in [-0.3, -0.25) is 4.79 Å². The highest BCUT2D eigenvalue weighted by atomic mass is 16.5. The van der Waals surface area contributed by atoms with Crippen molar-refractivity contribution in [3.05, 3.63) is 24.3 Å². The second-order valence-electron chi connectivity index (χ2n) is 5.31. The van der Waals surface area contributed by atoms with Gasteiger partial charge in [-0.1, -0.05) is 19.1 Å². The fourth-order valence-corrected chi connectivity index (χ4v) is 2.31. The molecule has 4 heteroatoms. The van der Waals surface area contributed by atoms with Gasteiger partial charge in [0.15, 0.2) is 0 Å². The molecule has 1 aromatic carbocycles. The number of rotatable bonds is 4. The number of aliphatic carboxylic acids is 1. The Hall–Kier alpha value is -1.71. The molecule has 4 nitrogen and oxygen atoms in total. The second-order valence-corrected chi connectivity index (χ2v) is 5.31. The van der Waals surface area contributed by atoms with Gasteiger partial charge in [0.2, 0.25) is 0 Å². The number of nitrogens with zero attached hydrogens (tertiary/aromatic N) is 1. The predicted molar refractivity (Wildman–Crippen MR) is 74.8 cm³/mol. The number of carboxylic acids is 1. The molecular weight excluding hydrogens is 242 g/mol. The standard InChI is InChI=1S/C15H21NO3/c1-3-15(2,14(17)18)11-16-9-6-10-19-13-8-5-4-7-12(13)16/h4-5,7-8H,3,6,9-11H2,1-2H3,(H,17,18). The first-order valence-corrected chi connectivity index (χ1v) is 6.77. The number of anilines is 1. The van der Waals surface area contributed by atoms with E-state index in [0.29, 0.717) is 19.6 Å². The zero-order valence-electron chi connectivity index (χ0n) is 11.6. The SMILES string of the molecule is CCC(C)(CN1CCCOc2ccccc21)C(=O)O. The highest BCUT2D eigenvalue weighted by Gasteiger charge is 2.34. The lowest BCUT2D eigenvalue weighted by molar-refractivity contribution is -0.147. The lowest BCUT2D eigenvalue weighted by Gasteiger charge is -2.32. The van der Waals surface area contributed by atoms with Crippen LogP contribution in [0.15, 0.2) is 24.3 Å². The van der Waals surface area contributed by atoms with Crippen LogP contribution in [0.4, 0.5) is 5.69 Å². The van der Waals surface area contributed by atoms with Crippen LogP contribution in [0.1, 0.15) is 26.7 Å². The Labute approximate surface area is 114 Å². The molecule has 104 valence electrons. The van der Waals surface area contributed by atoms with Crippen LogP contribution in [0.25, 0.3) is 0 Å². The fourth-order valence-electron chi connectivity index (χ4n) is 2.31. The Kier molecular flexibility index (Phi) is 3.98. The Morgan fingerprint density at radius 2 is 2.21 bits per heavy atom. The molecule has 0 amide bonds. The van der Waals surface area contributed by atoms with Crippen LogP contribution in [0.3, 0.4) is 0 Å². The molecule has 2 rings (SSSR count). The normalized spacial score (nSPS) is 17.9. The van der Waals surface area contributed by atoms with E-state index in [9.17, 15) is 9.90 Å². The number of ether oxygens (including phenoxy) is 1. The molecule has 0 radical (unpaired) electrons. The van der Waals surface area contributed by atoms with Crippen molar-refractivity contribution in [2.45, 2.75) is 26.7 Å². The monoisotopic (exact) mass is 263 g/mol. The molecule has 1 aromatic rings. The van der Waals surface area contributed by atoms with E-state index in [1.54, 1.807) is 0 Å². The van der Waals surface area contributed by atoms with Crippen molar-refractivity contribution in [2.24, 2.45) is 5.41 Å². The van der Waals surface area contributed by atoms with Gasteiger partial charge in [-0.05, 0) is 31.9 Å². The zero-order chi connectivity index (χ0) is 13.9. The van der Waals surface area contributed by atoms with Crippen molar-refractivity contribution in [1.82, 2.24) is 0 Å². The Morgan fingerprint density at radius 3 is 2.89 bits per heavy atom. The number of carbonyl (C=O) groups is 1. The highest BCUT2D eigenvalue weighted by Crippen LogP contribution is 2.33. The predicted octanol–water partition coefficient (Wildman–Crippen LogP) is 2.78. The van der Waals surface area contributed by atoms with Crippen LogP contribution in [-0.4, -0.2) is 30.8 Å². The van der Waals surface area contributed by atoms with Crippen molar-refractivity contribution in [3.8, 4) is 5.75 Å². The van der Waals surface area contributed by atoms with E-state index in [0.717, 1.165) is 24.4 Å². The molecule has 1 unspecified atom stereocenters. The molecule has 0 fully saturated rings. The molecule has 1 aliphatic rings. The molecule has 1 heterocycles. The third-order valence-electron chi connectivity index (χ3n) is 3.87. The van der Waals surface area contributed by atoms with Gasteiger partial charge in [0, 0.05) is 13.1 Å². The van der Waals surface area contributed by atoms with E-state index in [-0.39, 0.29) is 0 Å². The second kappa shape index (κ2) is 5.51. The van der Waals surface area contributed by atoms with Crippen LogP contribution >= 0.6 is 0 Å². The van der Waals surface area contributed by atoms with E-state index in [1.807, 2.05) is 38.1 Å². The van der Waals surface area contributed by atoms with Gasteiger partial charge in [0.25, 0.3) is 0 Å². The Bertz CT molecular complexity index is 460. The number of benzene rings is 1. The minimum absolute atomic E-state index is 0.513. The van der Waals surface area contributed by atoms with Crippen molar-refractivity contribution < 1.29 is 14.6 Å². The third-order valence-corrected chi connectivity index (χ3v) is 3.87. The number of hydrogen-bond acceptors (Lipinski definition) is 3. The summed E-state index contributed by atoms with van der Waals surface area (Å²) in [5, 5.41) is 9.42. The summed E-state index contributed by atoms with van der Waals surface area (Å²) >= 11 is 0. The number of para-hydroxylation sites is 2. The molecule has 0 saturated heterocycles. The summed E-state index contributed by atoms with van der Waals surface area (Å²) in [7, 11) is 0. The van der Waals surface area contributed by atoms with Crippen molar-refractivity contribution in [1.29, 1.82) is 0 Å². The summed E-state index contributed by atoms with van der Waals surface area (Å²) < 4.78 is 5.70. The third kappa shape index (κ3) is 2.83. The minimum atomic E-state index is -0.738. The van der Waals surface area contributed by atoms with Crippen LogP contribution in [0.5, 0.6) is 5.75 Å². The van der Waals surface area contributed by atoms with E-state index < -0.39 is 11.4 Å². The van der Waals surface area contributed by atoms with Gasteiger partial charge < -0.3 is 14.7 Å². The maximum atomic E-state index is 11.5. The lowest BCUT2D eigenvalue weighted by atomic mass is 9.87. The molecule has 0 spiro atoms. The van der Waals surface area contributed by atoms with E-state index in [4.69, 9.17) is 4.74 Å². The molecule has 0 saturated carbocycles. The summed E-state index contributed by atoms with van der Waals surface area (Å²) in [6, 6.07) is 7.85. The molecule has 0 bridgehead atoms. The molecule has 0 aromatic heterocycles. The maximum Gasteiger partial charge on any atom is 0.311 e. The molecule has 19 heavy (non-hydrogen) atoms. The molecular formula is C15H21NO3. The summed E-state index contributed by atoms with van der Waals surface area (Å²) in [6.07, 6.45) is 1.52. The first-order valence-electron chi connectivity index (χ1n) is 6.77. The smallest absolute Gasteiger partial charge is 0.311 e. The van der Waals surface area contributed by atoms with E-state index in [1.165, 1.54) is 0 Å². The van der Waals surface area contributed by atoms with Gasteiger partial charge in [0.1, 0.15) is 5.75 Å². The van der Waals surface area contributed by atoms with Gasteiger partial charge in [-0.15, -0.1) is 0 Å². The number of hydrogen-bond donors (Lipinski definition) is 1. The Morgan fingerprint density at radius 1 is 1.47 bits per heavy atom. The van der Waals surface area contributed by atoms with Crippen molar-refractivity contribution >= 4 is 11.7 Å². The van der Waals surface area contributed by atoms with Gasteiger partial charge >= 0.3 is 5.97 Å². The molecule has 1 N–H and O–H groups in total. The maximum absolute atomic E-state index is 11.5. The lowest BCUT2D eigenvalue weighted by Crippen LogP contribution is -2.41. The van der Waals surface area contributed by atoms with Gasteiger partial charge in [0.05, 0.1) is 17.7 Å². The quantitative estimate of drug-likeness (QED) is 0.907. The first-order chi connectivity index (χ1) is 9.07. The van der Waals surface area contributed by atoms with Crippen LogP contribution in [0, 0.1) is 5.41 Å². The average molecular weight is 263 g/mol. The van der Waals surface area contributed by atoms with Gasteiger partial charge in [-0.2, -0.15) is 0 Å². The largest absolute Gasteiger partial charge is 0.491 e. The van der Waals surface area contributed by atoms with Crippen LogP contribution < -0.4 is 9.64 Å². The average Bonchev–Trinajstić information content (AvgIpc) is 2.61. The summed E-state index contributed by atoms with van der Waals surface area (Å²) in [4.78, 5) is 13.6. The van der Waals surface area contributed by atoms with Gasteiger partial charge in [-0.25, -0.2) is 0 Å². The van der Waals surface area contributed by atoms with Crippen LogP contribution in [-0.2, 0) is 4.79 Å². The summed E-state index contributed by atoms with van der Waals surface area (Å²) in [5.74, 6) is 0.112. The highest BCUT2D eigenvalue weighted by molar-refractivity contribution is 5.75. The minimum Gasteiger partial charge on any atom is -0.491 e. The molecule has 1 aliphatic heterocycles. The summed E-state index contributed by atoms with van der Waals surface area (Å²) in [6.45, 7) is 5.76. The number of carboxylic acid groups (broad SMARTS) is 1. The van der Waals surface area contributed by atoms with Crippen molar-refractivity contribution in [2.75, 3.05) is 24.6 Å². The molecule has 0 aliphatic carbocycles. The first kappa shape index (κ1) is 13.7.